The number of hydrogen-bond acceptors (Lipinski definition) is 4. The van der Waals surface area contributed by atoms with Gasteiger partial charge in [-0.25, -0.2) is 0 Å². The second-order valence-electron chi connectivity index (χ2n) is 9.28. The first-order valence-corrected chi connectivity index (χ1v) is 9.73. The number of nitriles is 1. The van der Waals surface area contributed by atoms with E-state index in [4.69, 9.17) is 11.0 Å². The van der Waals surface area contributed by atoms with Gasteiger partial charge in [0, 0.05) is 17.7 Å². The second-order valence-corrected chi connectivity index (χ2v) is 9.28. The summed E-state index contributed by atoms with van der Waals surface area (Å²) in [7, 11) is 0. The molecule has 5 rings (SSSR count). The minimum atomic E-state index is -0.788. The lowest BCUT2D eigenvalue weighted by atomic mass is 9.47. The molecule has 6 heteroatoms. The lowest BCUT2D eigenvalue weighted by Crippen LogP contribution is -2.63. The van der Waals surface area contributed by atoms with Crippen LogP contribution in [0.3, 0.4) is 0 Å². The van der Waals surface area contributed by atoms with Gasteiger partial charge in [0.25, 0.3) is 0 Å². The highest BCUT2D eigenvalue weighted by molar-refractivity contribution is 5.87. The van der Waals surface area contributed by atoms with Crippen molar-refractivity contribution in [1.82, 2.24) is 10.3 Å². The average Bonchev–Trinajstić information content (AvgIpc) is 2.63. The van der Waals surface area contributed by atoms with E-state index in [2.05, 4.69) is 10.3 Å². The minimum Gasteiger partial charge on any atom is -0.369 e. The third-order valence-corrected chi connectivity index (χ3v) is 7.19. The number of amides is 2. The summed E-state index contributed by atoms with van der Waals surface area (Å²) in [6.45, 7) is 3.72. The van der Waals surface area contributed by atoms with E-state index in [9.17, 15) is 9.59 Å². The van der Waals surface area contributed by atoms with Crippen LogP contribution in [-0.2, 0) is 15.0 Å². The Hall–Kier alpha value is -2.42. The number of hydrogen-bond donors (Lipinski definition) is 2. The van der Waals surface area contributed by atoms with Gasteiger partial charge in [-0.3, -0.25) is 14.6 Å². The molecule has 142 valence electrons. The van der Waals surface area contributed by atoms with Crippen molar-refractivity contribution in [1.29, 1.82) is 5.26 Å². The first-order chi connectivity index (χ1) is 12.7. The van der Waals surface area contributed by atoms with E-state index in [0.717, 1.165) is 32.1 Å². The van der Waals surface area contributed by atoms with E-state index in [1.165, 1.54) is 6.20 Å². The molecule has 6 nitrogen and oxygen atoms in total. The molecule has 0 aromatic carbocycles. The number of aromatic nitrogens is 1. The monoisotopic (exact) mass is 366 g/mol. The normalized spacial score (nSPS) is 34.1. The van der Waals surface area contributed by atoms with Crippen molar-refractivity contribution in [3.63, 3.8) is 0 Å². The summed E-state index contributed by atoms with van der Waals surface area (Å²) in [6, 6.07) is 5.60. The van der Waals surface area contributed by atoms with Crippen molar-refractivity contribution in [2.24, 2.45) is 28.9 Å². The Kier molecular flexibility index (Phi) is 4.03. The van der Waals surface area contributed by atoms with Crippen LogP contribution in [0.2, 0.25) is 0 Å². The highest BCUT2D eigenvalue weighted by Crippen LogP contribution is 2.60. The summed E-state index contributed by atoms with van der Waals surface area (Å²) in [5.41, 5.74) is 5.75. The first kappa shape index (κ1) is 18.0. The first-order valence-electron chi connectivity index (χ1n) is 9.73. The molecule has 3 N–H and O–H groups in total. The molecule has 4 aliphatic rings. The SMILES string of the molecule is CC(C)(C(=O)NC1C2CC3CC1CC(C(N)=O)(C3)C2)c1ccc(C#N)cn1. The predicted molar refractivity (Wildman–Crippen MR) is 99.1 cm³/mol. The summed E-state index contributed by atoms with van der Waals surface area (Å²) in [5.74, 6) is 1.02. The average molecular weight is 366 g/mol. The van der Waals surface area contributed by atoms with E-state index in [-0.39, 0.29) is 23.3 Å². The van der Waals surface area contributed by atoms with Crippen LogP contribution >= 0.6 is 0 Å². The molecule has 2 atom stereocenters. The molecule has 2 amide bonds. The summed E-state index contributed by atoms with van der Waals surface area (Å²) in [6.07, 6.45) is 6.18. The lowest BCUT2D eigenvalue weighted by molar-refractivity contribution is -0.148. The van der Waals surface area contributed by atoms with Crippen LogP contribution in [0.15, 0.2) is 18.3 Å². The lowest BCUT2D eigenvalue weighted by Gasteiger charge is -2.59. The Morgan fingerprint density at radius 3 is 2.44 bits per heavy atom. The Balaban J connectivity index is 1.51. The Bertz CT molecular complexity index is 808. The van der Waals surface area contributed by atoms with Crippen molar-refractivity contribution < 1.29 is 9.59 Å². The summed E-state index contributed by atoms with van der Waals surface area (Å²) in [4.78, 5) is 29.5. The molecule has 4 bridgehead atoms. The van der Waals surface area contributed by atoms with E-state index >= 15 is 0 Å². The largest absolute Gasteiger partial charge is 0.369 e. The van der Waals surface area contributed by atoms with E-state index in [0.29, 0.717) is 29.0 Å². The fourth-order valence-electron chi connectivity index (χ4n) is 5.84. The molecule has 1 aromatic heterocycles. The number of primary amides is 1. The topological polar surface area (TPSA) is 109 Å². The Morgan fingerprint density at radius 2 is 1.93 bits per heavy atom. The minimum absolute atomic E-state index is 0.0506. The number of nitrogens with two attached hydrogens (primary N) is 1. The number of rotatable bonds is 4. The summed E-state index contributed by atoms with van der Waals surface area (Å²) >= 11 is 0. The van der Waals surface area contributed by atoms with Gasteiger partial charge in [0.2, 0.25) is 11.8 Å². The third-order valence-electron chi connectivity index (χ3n) is 7.19. The summed E-state index contributed by atoms with van der Waals surface area (Å²) in [5, 5.41) is 12.2. The van der Waals surface area contributed by atoms with Crippen molar-refractivity contribution in [3.05, 3.63) is 29.6 Å². The van der Waals surface area contributed by atoms with Gasteiger partial charge in [0.05, 0.1) is 16.7 Å². The van der Waals surface area contributed by atoms with Gasteiger partial charge in [0.15, 0.2) is 0 Å². The fourth-order valence-corrected chi connectivity index (χ4v) is 5.84. The summed E-state index contributed by atoms with van der Waals surface area (Å²) < 4.78 is 0. The molecule has 27 heavy (non-hydrogen) atoms. The highest BCUT2D eigenvalue weighted by atomic mass is 16.2. The van der Waals surface area contributed by atoms with Crippen LogP contribution in [0.25, 0.3) is 0 Å². The maximum Gasteiger partial charge on any atom is 0.231 e. The van der Waals surface area contributed by atoms with Crippen LogP contribution in [0.1, 0.15) is 57.2 Å². The predicted octanol–water partition coefficient (Wildman–Crippen LogP) is 2.03. The standard InChI is InChI=1S/C21H26N4O2/c1-20(2,16-4-3-12(10-22)11-24-16)19(27)25-17-14-5-13-6-15(17)9-21(7-13,8-14)18(23)26/h3-4,11,13-15,17H,5-9H2,1-2H3,(H2,23,26)(H,25,27). The van der Waals surface area contributed by atoms with Gasteiger partial charge >= 0.3 is 0 Å². The van der Waals surface area contributed by atoms with Crippen LogP contribution < -0.4 is 11.1 Å². The third kappa shape index (κ3) is 2.80. The zero-order chi connectivity index (χ0) is 19.4. The van der Waals surface area contributed by atoms with Gasteiger partial charge in [-0.2, -0.15) is 5.26 Å². The van der Waals surface area contributed by atoms with Crippen LogP contribution in [0.5, 0.6) is 0 Å². The quantitative estimate of drug-likeness (QED) is 0.849. The van der Waals surface area contributed by atoms with Crippen molar-refractivity contribution in [3.8, 4) is 6.07 Å². The number of carbonyl (C=O) groups excluding carboxylic acids is 2. The molecule has 4 saturated carbocycles. The molecule has 0 radical (unpaired) electrons. The van der Waals surface area contributed by atoms with Crippen molar-refractivity contribution in [2.45, 2.75) is 57.4 Å². The number of pyridine rings is 1. The van der Waals surface area contributed by atoms with Crippen molar-refractivity contribution >= 4 is 11.8 Å². The number of nitrogens with one attached hydrogen (secondary N) is 1. The maximum atomic E-state index is 13.1. The molecule has 4 aliphatic carbocycles. The Labute approximate surface area is 159 Å². The second kappa shape index (κ2) is 6.05. The maximum absolute atomic E-state index is 13.1. The van der Waals surface area contributed by atoms with Gasteiger partial charge < -0.3 is 11.1 Å². The highest BCUT2D eigenvalue weighted by Gasteiger charge is 2.58. The van der Waals surface area contributed by atoms with Gasteiger partial charge in [-0.15, -0.1) is 0 Å². The molecule has 1 aromatic rings. The van der Waals surface area contributed by atoms with E-state index < -0.39 is 5.41 Å². The number of carbonyl (C=O) groups is 2. The molecule has 0 spiro atoms. The smallest absolute Gasteiger partial charge is 0.231 e. The molecule has 2 unspecified atom stereocenters. The molecule has 1 heterocycles. The zero-order valence-corrected chi connectivity index (χ0v) is 15.9. The van der Waals surface area contributed by atoms with Crippen molar-refractivity contribution in [2.75, 3.05) is 0 Å². The van der Waals surface area contributed by atoms with E-state index in [1.54, 1.807) is 12.1 Å². The molecule has 0 saturated heterocycles. The van der Waals surface area contributed by atoms with Gasteiger partial charge in [-0.05, 0) is 75.8 Å². The van der Waals surface area contributed by atoms with Gasteiger partial charge in [0.1, 0.15) is 6.07 Å². The van der Waals surface area contributed by atoms with Crippen LogP contribution in [-0.4, -0.2) is 22.8 Å². The van der Waals surface area contributed by atoms with Crippen LogP contribution in [0.4, 0.5) is 0 Å². The molecular weight excluding hydrogens is 340 g/mol. The number of nitrogens with zero attached hydrogens (tertiary/aromatic N) is 2. The molecule has 0 aliphatic heterocycles. The van der Waals surface area contributed by atoms with Gasteiger partial charge in [-0.1, -0.05) is 0 Å². The Morgan fingerprint density at radius 1 is 1.26 bits per heavy atom. The zero-order valence-electron chi connectivity index (χ0n) is 15.9. The molecule has 4 fully saturated rings. The molecular formula is C21H26N4O2. The fraction of sp³-hybridized carbons (Fsp3) is 0.619. The van der Waals surface area contributed by atoms with Crippen LogP contribution in [0, 0.1) is 34.5 Å². The van der Waals surface area contributed by atoms with E-state index in [1.807, 2.05) is 19.9 Å².